The fourth-order valence-electron chi connectivity index (χ4n) is 1.13. The maximum Gasteiger partial charge on any atom is 0.230 e. The first-order valence-electron chi connectivity index (χ1n) is 4.95. The highest BCUT2D eigenvalue weighted by Gasteiger charge is 2.08. The summed E-state index contributed by atoms with van der Waals surface area (Å²) in [6.45, 7) is 4.40. The predicted octanol–water partition coefficient (Wildman–Crippen LogP) is 1.69. The second-order valence-electron chi connectivity index (χ2n) is 3.47. The molecule has 1 rings (SSSR count). The average Bonchev–Trinajstić information content (AvgIpc) is 2.61. The van der Waals surface area contributed by atoms with E-state index in [0.717, 1.165) is 10.0 Å². The summed E-state index contributed by atoms with van der Waals surface area (Å²) in [6.07, 6.45) is 0. The molecule has 1 amide bonds. The van der Waals surface area contributed by atoms with Gasteiger partial charge in [-0.3, -0.25) is 4.79 Å². The van der Waals surface area contributed by atoms with Gasteiger partial charge in [-0.05, 0) is 13.8 Å². The van der Waals surface area contributed by atoms with Gasteiger partial charge in [-0.15, -0.1) is 11.3 Å². The average molecular weight is 260 g/mol. The number of amides is 1. The zero-order valence-corrected chi connectivity index (χ0v) is 11.3. The highest BCUT2D eigenvalue weighted by molar-refractivity contribution is 8.01. The number of thiazole rings is 1. The lowest BCUT2D eigenvalue weighted by Gasteiger charge is -2.11. The van der Waals surface area contributed by atoms with Gasteiger partial charge in [0, 0.05) is 24.2 Å². The molecule has 1 heterocycles. The third-order valence-electron chi connectivity index (χ3n) is 1.75. The van der Waals surface area contributed by atoms with Crippen molar-refractivity contribution >= 4 is 29.0 Å². The molecule has 1 atom stereocenters. The van der Waals surface area contributed by atoms with Crippen molar-refractivity contribution in [2.45, 2.75) is 24.2 Å². The highest BCUT2D eigenvalue weighted by atomic mass is 32.2. The number of nitrogens with one attached hydrogen (secondary N) is 1. The number of ether oxygens (including phenoxy) is 1. The van der Waals surface area contributed by atoms with Crippen molar-refractivity contribution in [3.8, 4) is 0 Å². The van der Waals surface area contributed by atoms with E-state index in [1.807, 2.05) is 19.2 Å². The molecular formula is C10H16N2O2S2. The quantitative estimate of drug-likeness (QED) is 0.791. The molecule has 1 aromatic heterocycles. The van der Waals surface area contributed by atoms with Crippen LogP contribution in [0, 0.1) is 6.92 Å². The molecule has 0 aromatic carbocycles. The molecule has 0 aliphatic carbocycles. The topological polar surface area (TPSA) is 51.2 Å². The molecule has 1 N–H and O–H groups in total. The number of hydrogen-bond acceptors (Lipinski definition) is 5. The van der Waals surface area contributed by atoms with Gasteiger partial charge in [0.25, 0.3) is 0 Å². The monoisotopic (exact) mass is 260 g/mol. The number of hydrogen-bond donors (Lipinski definition) is 1. The lowest BCUT2D eigenvalue weighted by atomic mass is 10.3. The zero-order valence-electron chi connectivity index (χ0n) is 9.65. The van der Waals surface area contributed by atoms with Crippen LogP contribution >= 0.6 is 23.1 Å². The normalized spacial score (nSPS) is 12.4. The summed E-state index contributed by atoms with van der Waals surface area (Å²) in [5, 5.41) is 4.83. The molecule has 0 spiro atoms. The Morgan fingerprint density at radius 3 is 3.06 bits per heavy atom. The Bertz CT molecular complexity index is 341. The number of carbonyl (C=O) groups excluding carboxylic acids is 1. The van der Waals surface area contributed by atoms with Gasteiger partial charge in [-0.2, -0.15) is 0 Å². The summed E-state index contributed by atoms with van der Waals surface area (Å²) >= 11 is 3.03. The molecular weight excluding hydrogens is 244 g/mol. The van der Waals surface area contributed by atoms with Crippen molar-refractivity contribution in [1.82, 2.24) is 10.3 Å². The van der Waals surface area contributed by atoms with E-state index in [0.29, 0.717) is 12.4 Å². The van der Waals surface area contributed by atoms with Crippen LogP contribution in [0.5, 0.6) is 0 Å². The minimum Gasteiger partial charge on any atom is -0.383 e. The van der Waals surface area contributed by atoms with Crippen LogP contribution in [0.3, 0.4) is 0 Å². The van der Waals surface area contributed by atoms with Gasteiger partial charge in [0.15, 0.2) is 4.34 Å². The van der Waals surface area contributed by atoms with Crippen LogP contribution in [-0.4, -0.2) is 36.4 Å². The van der Waals surface area contributed by atoms with E-state index < -0.39 is 0 Å². The fourth-order valence-corrected chi connectivity index (χ4v) is 2.79. The summed E-state index contributed by atoms with van der Waals surface area (Å²) in [5.74, 6) is 0.420. The first-order valence-corrected chi connectivity index (χ1v) is 6.81. The minimum atomic E-state index is 0.0161. The largest absolute Gasteiger partial charge is 0.383 e. The Balaban J connectivity index is 2.25. The van der Waals surface area contributed by atoms with Crippen molar-refractivity contribution < 1.29 is 9.53 Å². The molecule has 0 aliphatic rings. The Labute approximate surface area is 104 Å². The molecule has 1 aromatic rings. The summed E-state index contributed by atoms with van der Waals surface area (Å²) in [7, 11) is 1.62. The lowest BCUT2D eigenvalue weighted by Crippen LogP contribution is -2.36. The van der Waals surface area contributed by atoms with Crippen LogP contribution in [0.1, 0.15) is 12.6 Å². The zero-order chi connectivity index (χ0) is 12.0. The second-order valence-corrected chi connectivity index (χ2v) is 5.55. The number of methoxy groups -OCH3 is 1. The van der Waals surface area contributed by atoms with Gasteiger partial charge >= 0.3 is 0 Å². The Hall–Kier alpha value is -0.590. The smallest absolute Gasteiger partial charge is 0.230 e. The minimum absolute atomic E-state index is 0.0161. The standard InChI is InChI=1S/C10H16N2O2S2/c1-7(4-14-3)11-9(13)6-16-10-12-8(2)5-15-10/h5,7H,4,6H2,1-3H3,(H,11,13). The van der Waals surface area contributed by atoms with Crippen LogP contribution < -0.4 is 5.32 Å². The van der Waals surface area contributed by atoms with Gasteiger partial charge in [-0.1, -0.05) is 11.8 Å². The molecule has 90 valence electrons. The molecule has 0 aliphatic heterocycles. The molecule has 0 radical (unpaired) electrons. The molecule has 1 unspecified atom stereocenters. The fraction of sp³-hybridized carbons (Fsp3) is 0.600. The number of aromatic nitrogens is 1. The lowest BCUT2D eigenvalue weighted by molar-refractivity contribution is -0.119. The third kappa shape index (κ3) is 4.96. The molecule has 6 heteroatoms. The predicted molar refractivity (Wildman–Crippen MR) is 67.1 cm³/mol. The van der Waals surface area contributed by atoms with E-state index >= 15 is 0 Å². The Morgan fingerprint density at radius 1 is 1.75 bits per heavy atom. The van der Waals surface area contributed by atoms with Crippen LogP contribution in [0.15, 0.2) is 9.72 Å². The van der Waals surface area contributed by atoms with E-state index in [1.165, 1.54) is 11.8 Å². The van der Waals surface area contributed by atoms with Gasteiger partial charge in [-0.25, -0.2) is 4.98 Å². The summed E-state index contributed by atoms with van der Waals surface area (Å²) < 4.78 is 5.88. The number of thioether (sulfide) groups is 1. The second kappa shape index (κ2) is 6.88. The molecule has 0 saturated heterocycles. The van der Waals surface area contributed by atoms with Gasteiger partial charge < -0.3 is 10.1 Å². The van der Waals surface area contributed by atoms with Crippen LogP contribution in [0.4, 0.5) is 0 Å². The first kappa shape index (κ1) is 13.5. The van der Waals surface area contributed by atoms with Crippen LogP contribution in [0.25, 0.3) is 0 Å². The van der Waals surface area contributed by atoms with Crippen molar-refractivity contribution in [3.05, 3.63) is 11.1 Å². The van der Waals surface area contributed by atoms with E-state index in [2.05, 4.69) is 10.3 Å². The molecule has 0 fully saturated rings. The van der Waals surface area contributed by atoms with Crippen molar-refractivity contribution in [2.75, 3.05) is 19.5 Å². The van der Waals surface area contributed by atoms with E-state index in [9.17, 15) is 4.79 Å². The van der Waals surface area contributed by atoms with Gasteiger partial charge in [0.05, 0.1) is 12.4 Å². The molecule has 4 nitrogen and oxygen atoms in total. The van der Waals surface area contributed by atoms with Crippen LogP contribution in [0.2, 0.25) is 0 Å². The summed E-state index contributed by atoms with van der Waals surface area (Å²) in [5.41, 5.74) is 1.00. The van der Waals surface area contributed by atoms with E-state index in [1.54, 1.807) is 18.4 Å². The number of aryl methyl sites for hydroxylation is 1. The van der Waals surface area contributed by atoms with Crippen LogP contribution in [-0.2, 0) is 9.53 Å². The summed E-state index contributed by atoms with van der Waals surface area (Å²) in [4.78, 5) is 15.8. The van der Waals surface area contributed by atoms with E-state index in [-0.39, 0.29) is 11.9 Å². The van der Waals surface area contributed by atoms with Gasteiger partial charge in [0.2, 0.25) is 5.91 Å². The van der Waals surface area contributed by atoms with E-state index in [4.69, 9.17) is 4.74 Å². The first-order chi connectivity index (χ1) is 7.61. The molecule has 0 saturated carbocycles. The Kier molecular flexibility index (Phi) is 5.79. The number of carbonyl (C=O) groups is 1. The number of rotatable bonds is 6. The molecule has 16 heavy (non-hydrogen) atoms. The van der Waals surface area contributed by atoms with Crippen molar-refractivity contribution in [1.29, 1.82) is 0 Å². The Morgan fingerprint density at radius 2 is 2.50 bits per heavy atom. The maximum atomic E-state index is 11.5. The SMILES string of the molecule is COCC(C)NC(=O)CSc1nc(C)cs1. The molecule has 0 bridgehead atoms. The highest BCUT2D eigenvalue weighted by Crippen LogP contribution is 2.21. The van der Waals surface area contributed by atoms with Crippen molar-refractivity contribution in [3.63, 3.8) is 0 Å². The number of nitrogens with zero attached hydrogens (tertiary/aromatic N) is 1. The van der Waals surface area contributed by atoms with Gasteiger partial charge in [0.1, 0.15) is 0 Å². The van der Waals surface area contributed by atoms with Crippen molar-refractivity contribution in [2.24, 2.45) is 0 Å². The summed E-state index contributed by atoms with van der Waals surface area (Å²) in [6, 6.07) is 0.0520. The third-order valence-corrected chi connectivity index (χ3v) is 3.89. The maximum absolute atomic E-state index is 11.5.